The van der Waals surface area contributed by atoms with Crippen molar-refractivity contribution in [2.45, 2.75) is 12.8 Å². The number of carbonyl (C=O) groups is 2. The molecular formula is C18H17FN2O2. The van der Waals surface area contributed by atoms with Crippen molar-refractivity contribution in [3.8, 4) is 0 Å². The van der Waals surface area contributed by atoms with E-state index in [4.69, 9.17) is 0 Å². The summed E-state index contributed by atoms with van der Waals surface area (Å²) in [7, 11) is 0. The highest BCUT2D eigenvalue weighted by Crippen LogP contribution is 2.27. The van der Waals surface area contributed by atoms with Crippen LogP contribution in [0.25, 0.3) is 0 Å². The summed E-state index contributed by atoms with van der Waals surface area (Å²) in [6.07, 6.45) is 0.890. The molecule has 0 aromatic heterocycles. The fourth-order valence-electron chi connectivity index (χ4n) is 2.76. The molecule has 2 aromatic rings. The second-order valence-electron chi connectivity index (χ2n) is 5.51. The number of halogens is 1. The highest BCUT2D eigenvalue weighted by Gasteiger charge is 2.24. The zero-order valence-corrected chi connectivity index (χ0v) is 12.6. The van der Waals surface area contributed by atoms with Crippen molar-refractivity contribution in [1.82, 2.24) is 5.32 Å². The maximum Gasteiger partial charge on any atom is 0.246 e. The lowest BCUT2D eigenvalue weighted by Gasteiger charge is -2.17. The molecule has 23 heavy (non-hydrogen) atoms. The van der Waals surface area contributed by atoms with Gasteiger partial charge in [-0.2, -0.15) is 0 Å². The maximum absolute atomic E-state index is 13.1. The van der Waals surface area contributed by atoms with Crippen LogP contribution in [0.3, 0.4) is 0 Å². The summed E-state index contributed by atoms with van der Waals surface area (Å²) in [5, 5.41) is 2.61. The Hall–Kier alpha value is -2.69. The Morgan fingerprint density at radius 2 is 1.96 bits per heavy atom. The monoisotopic (exact) mass is 312 g/mol. The molecule has 0 atom stereocenters. The van der Waals surface area contributed by atoms with Crippen LogP contribution in [0.2, 0.25) is 0 Å². The number of anilines is 1. The van der Waals surface area contributed by atoms with E-state index in [9.17, 15) is 14.0 Å². The average molecular weight is 312 g/mol. The molecule has 1 aliphatic rings. The third kappa shape index (κ3) is 3.56. The number of rotatable bonds is 4. The molecule has 2 aromatic carbocycles. The lowest BCUT2D eigenvalue weighted by Crippen LogP contribution is -2.39. The van der Waals surface area contributed by atoms with E-state index in [2.05, 4.69) is 5.32 Å². The first-order valence-electron chi connectivity index (χ1n) is 7.53. The molecule has 4 nitrogen and oxygen atoms in total. The Kier molecular flexibility index (Phi) is 4.37. The summed E-state index contributed by atoms with van der Waals surface area (Å²) in [4.78, 5) is 25.8. The number of hydrogen-bond acceptors (Lipinski definition) is 2. The van der Waals surface area contributed by atoms with Crippen molar-refractivity contribution in [3.05, 3.63) is 65.5 Å². The van der Waals surface area contributed by atoms with Crippen LogP contribution in [-0.4, -0.2) is 24.9 Å². The van der Waals surface area contributed by atoms with Crippen molar-refractivity contribution in [1.29, 1.82) is 0 Å². The van der Waals surface area contributed by atoms with Gasteiger partial charge in [0, 0.05) is 12.2 Å². The molecule has 0 unspecified atom stereocenters. The van der Waals surface area contributed by atoms with Crippen LogP contribution in [0.1, 0.15) is 11.1 Å². The van der Waals surface area contributed by atoms with Crippen molar-refractivity contribution in [2.24, 2.45) is 0 Å². The third-order valence-electron chi connectivity index (χ3n) is 3.88. The van der Waals surface area contributed by atoms with Crippen molar-refractivity contribution in [3.63, 3.8) is 0 Å². The van der Waals surface area contributed by atoms with Crippen LogP contribution in [0.15, 0.2) is 48.5 Å². The number of nitrogens with one attached hydrogen (secondary N) is 1. The molecule has 1 aliphatic heterocycles. The van der Waals surface area contributed by atoms with E-state index in [0.29, 0.717) is 12.1 Å². The number of fused-ring (bicyclic) bond motifs is 1. The first-order valence-corrected chi connectivity index (χ1v) is 7.53. The molecule has 2 amide bonds. The van der Waals surface area contributed by atoms with Crippen molar-refractivity contribution >= 4 is 17.5 Å². The van der Waals surface area contributed by atoms with Crippen LogP contribution in [0.4, 0.5) is 10.1 Å². The Morgan fingerprint density at radius 1 is 1.13 bits per heavy atom. The largest absolute Gasteiger partial charge is 0.347 e. The van der Waals surface area contributed by atoms with Crippen LogP contribution in [0.5, 0.6) is 0 Å². The molecule has 0 radical (unpaired) electrons. The molecule has 0 bridgehead atoms. The summed E-state index contributed by atoms with van der Waals surface area (Å²) < 4.78 is 13.1. The molecule has 1 N–H and O–H groups in total. The minimum absolute atomic E-state index is 0.0531. The summed E-state index contributed by atoms with van der Waals surface area (Å²) in [5.74, 6) is -0.806. The predicted octanol–water partition coefficient (Wildman–Crippen LogP) is 2.07. The summed E-state index contributed by atoms with van der Waals surface area (Å²) in [6, 6.07) is 13.7. The quantitative estimate of drug-likeness (QED) is 0.939. The number of amides is 2. The third-order valence-corrected chi connectivity index (χ3v) is 3.88. The molecule has 118 valence electrons. The van der Waals surface area contributed by atoms with Crippen molar-refractivity contribution in [2.75, 3.05) is 18.0 Å². The van der Waals surface area contributed by atoms with E-state index in [-0.39, 0.29) is 30.6 Å². The van der Waals surface area contributed by atoms with Gasteiger partial charge in [-0.25, -0.2) is 4.39 Å². The van der Waals surface area contributed by atoms with Crippen LogP contribution in [0, 0.1) is 5.82 Å². The van der Waals surface area contributed by atoms with Gasteiger partial charge in [-0.15, -0.1) is 0 Å². The molecule has 1 heterocycles. The maximum atomic E-state index is 13.1. The summed E-state index contributed by atoms with van der Waals surface area (Å²) >= 11 is 0. The van der Waals surface area contributed by atoms with Gasteiger partial charge in [0.25, 0.3) is 0 Å². The molecule has 0 fully saturated rings. The number of benzene rings is 2. The van der Waals surface area contributed by atoms with Gasteiger partial charge in [0.1, 0.15) is 5.82 Å². The highest BCUT2D eigenvalue weighted by atomic mass is 19.1. The molecule has 0 saturated carbocycles. The Labute approximate surface area is 133 Å². The minimum atomic E-state index is -0.375. The van der Waals surface area contributed by atoms with Gasteiger partial charge in [0.2, 0.25) is 11.8 Å². The average Bonchev–Trinajstić information content (AvgIpc) is 2.97. The van der Waals surface area contributed by atoms with Gasteiger partial charge >= 0.3 is 0 Å². The highest BCUT2D eigenvalue weighted by molar-refractivity contribution is 5.98. The summed E-state index contributed by atoms with van der Waals surface area (Å²) in [6.45, 7) is 0.584. The normalized spacial score (nSPS) is 12.8. The zero-order valence-electron chi connectivity index (χ0n) is 12.6. The molecule has 0 aliphatic carbocycles. The number of carbonyl (C=O) groups excluding carboxylic acids is 2. The Morgan fingerprint density at radius 3 is 2.78 bits per heavy atom. The van der Waals surface area contributed by atoms with Crippen LogP contribution >= 0.6 is 0 Å². The first kappa shape index (κ1) is 15.2. The van der Waals surface area contributed by atoms with E-state index in [0.717, 1.165) is 17.7 Å². The van der Waals surface area contributed by atoms with Gasteiger partial charge in [0.15, 0.2) is 0 Å². The molecule has 3 rings (SSSR count). The van der Waals surface area contributed by atoms with Crippen LogP contribution in [-0.2, 0) is 22.4 Å². The molecule has 5 heteroatoms. The van der Waals surface area contributed by atoms with E-state index in [1.54, 1.807) is 17.0 Å². The lowest BCUT2D eigenvalue weighted by molar-refractivity contribution is -0.124. The fourth-order valence-corrected chi connectivity index (χ4v) is 2.76. The fraction of sp³-hybridized carbons (Fsp3) is 0.222. The SMILES string of the molecule is O=C(Cc1cccc(F)c1)NCC(=O)N1CCc2ccccc21. The number of hydrogen-bond donors (Lipinski definition) is 1. The minimum Gasteiger partial charge on any atom is -0.347 e. The molecule has 0 spiro atoms. The van der Waals surface area contributed by atoms with E-state index < -0.39 is 0 Å². The zero-order chi connectivity index (χ0) is 16.2. The first-order chi connectivity index (χ1) is 11.1. The topological polar surface area (TPSA) is 49.4 Å². The van der Waals surface area contributed by atoms with Gasteiger partial charge in [0.05, 0.1) is 13.0 Å². The van der Waals surface area contributed by atoms with Gasteiger partial charge in [-0.1, -0.05) is 30.3 Å². The summed E-state index contributed by atoms with van der Waals surface area (Å²) in [5.41, 5.74) is 2.64. The second-order valence-corrected chi connectivity index (χ2v) is 5.51. The second kappa shape index (κ2) is 6.60. The van der Waals surface area contributed by atoms with Gasteiger partial charge in [-0.3, -0.25) is 9.59 Å². The van der Waals surface area contributed by atoms with E-state index in [1.165, 1.54) is 12.1 Å². The smallest absolute Gasteiger partial charge is 0.246 e. The Bertz CT molecular complexity index is 745. The molecule has 0 saturated heterocycles. The van der Waals surface area contributed by atoms with E-state index >= 15 is 0 Å². The van der Waals surface area contributed by atoms with Crippen molar-refractivity contribution < 1.29 is 14.0 Å². The lowest BCUT2D eigenvalue weighted by atomic mass is 10.1. The van der Waals surface area contributed by atoms with E-state index in [1.807, 2.05) is 24.3 Å². The molecular weight excluding hydrogens is 295 g/mol. The van der Waals surface area contributed by atoms with Gasteiger partial charge < -0.3 is 10.2 Å². The van der Waals surface area contributed by atoms with Crippen LogP contribution < -0.4 is 10.2 Å². The van der Waals surface area contributed by atoms with Gasteiger partial charge in [-0.05, 0) is 35.7 Å². The number of nitrogens with zero attached hydrogens (tertiary/aromatic N) is 1. The standard InChI is InChI=1S/C18H17FN2O2/c19-15-6-3-4-13(10-15)11-17(22)20-12-18(23)21-9-8-14-5-1-2-7-16(14)21/h1-7,10H,8-9,11-12H2,(H,20,22). The Balaban J connectivity index is 1.54. The number of para-hydroxylation sites is 1. The predicted molar refractivity (Wildman–Crippen MR) is 85.6 cm³/mol.